The second kappa shape index (κ2) is 10.7. The van der Waals surface area contributed by atoms with Crippen LogP contribution in [0.2, 0.25) is 0 Å². The van der Waals surface area contributed by atoms with Crippen LogP contribution in [0.25, 0.3) is 0 Å². The summed E-state index contributed by atoms with van der Waals surface area (Å²) in [5.41, 5.74) is 3.06. The normalized spacial score (nSPS) is 21.0. The molecule has 5 rings (SSSR count). The lowest BCUT2D eigenvalue weighted by Crippen LogP contribution is -2.53. The summed E-state index contributed by atoms with van der Waals surface area (Å²) >= 11 is 0. The molecule has 2 aromatic rings. The Hall–Kier alpha value is -3.09. The van der Waals surface area contributed by atoms with Crippen molar-refractivity contribution < 1.29 is 14.3 Å². The predicted octanol–water partition coefficient (Wildman–Crippen LogP) is 5.91. The molecule has 3 heterocycles. The van der Waals surface area contributed by atoms with Gasteiger partial charge in [-0.25, -0.2) is 9.78 Å². The molecule has 0 spiro atoms. The number of aromatic nitrogens is 1. The zero-order chi connectivity index (χ0) is 26.0. The third-order valence-corrected chi connectivity index (χ3v) is 7.91. The van der Waals surface area contributed by atoms with Crippen LogP contribution in [0.5, 0.6) is 0 Å². The fraction of sp³-hybridized carbons (Fsp3) is 0.567. The van der Waals surface area contributed by atoms with E-state index in [0.29, 0.717) is 6.54 Å². The summed E-state index contributed by atoms with van der Waals surface area (Å²) in [6, 6.07) is 12.1. The Kier molecular flexibility index (Phi) is 7.40. The minimum atomic E-state index is -0.609. The van der Waals surface area contributed by atoms with Crippen molar-refractivity contribution in [2.24, 2.45) is 5.92 Å². The van der Waals surface area contributed by atoms with Gasteiger partial charge in [0.25, 0.3) is 0 Å². The maximum atomic E-state index is 14.1. The second-order valence-corrected chi connectivity index (χ2v) is 11.7. The van der Waals surface area contributed by atoms with Gasteiger partial charge in [0.05, 0.1) is 6.04 Å². The maximum absolute atomic E-state index is 14.1. The van der Waals surface area contributed by atoms with E-state index in [4.69, 9.17) is 9.72 Å². The zero-order valence-corrected chi connectivity index (χ0v) is 22.4. The Labute approximate surface area is 220 Å². The predicted molar refractivity (Wildman–Crippen MR) is 145 cm³/mol. The van der Waals surface area contributed by atoms with Crippen molar-refractivity contribution in [3.05, 3.63) is 53.7 Å². The topological polar surface area (TPSA) is 74.8 Å². The fourth-order valence-corrected chi connectivity index (χ4v) is 6.20. The number of carbonyl (C=O) groups excluding carboxylic acids is 2. The molecule has 37 heavy (non-hydrogen) atoms. The number of nitrogens with zero attached hydrogens (tertiary/aromatic N) is 3. The number of para-hydroxylation sites is 1. The molecule has 1 aromatic heterocycles. The summed E-state index contributed by atoms with van der Waals surface area (Å²) in [5.74, 6) is 1.09. The number of alkyl carbamates (subject to hydrolysis) is 1. The van der Waals surface area contributed by atoms with E-state index in [0.717, 1.165) is 62.9 Å². The van der Waals surface area contributed by atoms with E-state index in [1.807, 2.05) is 37.9 Å². The molecule has 1 saturated carbocycles. The van der Waals surface area contributed by atoms with E-state index in [9.17, 15) is 9.59 Å². The molecular formula is C30H40N4O3. The average molecular weight is 505 g/mol. The first-order valence-corrected chi connectivity index (χ1v) is 13.9. The van der Waals surface area contributed by atoms with Gasteiger partial charge in [0.1, 0.15) is 17.5 Å². The third kappa shape index (κ3) is 5.76. The molecule has 1 saturated heterocycles. The molecule has 7 heteroatoms. The van der Waals surface area contributed by atoms with Gasteiger partial charge in [-0.3, -0.25) is 4.79 Å². The summed E-state index contributed by atoms with van der Waals surface area (Å²) in [5, 5.41) is 2.99. The van der Waals surface area contributed by atoms with Crippen LogP contribution in [0.3, 0.4) is 0 Å². The van der Waals surface area contributed by atoms with Crippen LogP contribution in [0.1, 0.15) is 82.9 Å². The molecule has 1 aliphatic carbocycles. The first kappa shape index (κ1) is 25.6. The Morgan fingerprint density at radius 1 is 1.03 bits per heavy atom. The molecule has 2 aliphatic heterocycles. The van der Waals surface area contributed by atoms with Crippen molar-refractivity contribution >= 4 is 23.5 Å². The van der Waals surface area contributed by atoms with Crippen LogP contribution in [-0.2, 0) is 16.0 Å². The lowest BCUT2D eigenvalue weighted by molar-refractivity contribution is -0.136. The van der Waals surface area contributed by atoms with Crippen molar-refractivity contribution in [2.75, 3.05) is 18.0 Å². The van der Waals surface area contributed by atoms with Crippen LogP contribution in [0.15, 0.2) is 42.6 Å². The van der Waals surface area contributed by atoms with Crippen molar-refractivity contribution in [2.45, 2.75) is 89.8 Å². The summed E-state index contributed by atoms with van der Waals surface area (Å²) in [6.45, 7) is 7.15. The van der Waals surface area contributed by atoms with Gasteiger partial charge in [-0.1, -0.05) is 37.5 Å². The van der Waals surface area contributed by atoms with Gasteiger partial charge in [-0.05, 0) is 88.1 Å². The number of hydrogen-bond donors (Lipinski definition) is 1. The SMILES string of the molecule is CC(C)(C)OC(=O)N[C@H](C(=O)N1CCCC1c1ccnc(N2CCc3ccccc32)c1)C1CCCCC1. The fourth-order valence-electron chi connectivity index (χ4n) is 6.20. The minimum absolute atomic E-state index is 0.0152. The maximum Gasteiger partial charge on any atom is 0.408 e. The number of likely N-dealkylation sites (tertiary alicyclic amines) is 1. The van der Waals surface area contributed by atoms with Crippen LogP contribution in [0, 0.1) is 5.92 Å². The average Bonchev–Trinajstić information content (AvgIpc) is 3.54. The van der Waals surface area contributed by atoms with E-state index in [1.165, 1.54) is 17.7 Å². The molecule has 0 radical (unpaired) electrons. The van der Waals surface area contributed by atoms with Crippen molar-refractivity contribution in [3.63, 3.8) is 0 Å². The van der Waals surface area contributed by atoms with Crippen LogP contribution >= 0.6 is 0 Å². The minimum Gasteiger partial charge on any atom is -0.444 e. The largest absolute Gasteiger partial charge is 0.444 e. The standard InChI is InChI=1S/C30H40N4O3/c1-30(2,3)37-29(36)32-27(22-11-5-4-6-12-22)28(35)34-18-9-14-25(34)23-15-17-31-26(20-23)33-19-16-21-10-7-8-13-24(21)33/h7-8,10,13,15,17,20,22,25,27H,4-6,9,11-12,14,16,18-19H2,1-3H3,(H,32,36)/t25?,27-/m0/s1. The molecule has 7 nitrogen and oxygen atoms in total. The van der Waals surface area contributed by atoms with Crippen LogP contribution in [0.4, 0.5) is 16.3 Å². The van der Waals surface area contributed by atoms with Crippen LogP contribution in [-0.4, -0.2) is 46.6 Å². The summed E-state index contributed by atoms with van der Waals surface area (Å²) in [6.07, 6.45) is 9.52. The third-order valence-electron chi connectivity index (χ3n) is 7.91. The highest BCUT2D eigenvalue weighted by molar-refractivity contribution is 5.86. The number of anilines is 2. The molecule has 2 fully saturated rings. The van der Waals surface area contributed by atoms with E-state index in [1.54, 1.807) is 0 Å². The summed E-state index contributed by atoms with van der Waals surface area (Å²) in [4.78, 5) is 35.8. The second-order valence-electron chi connectivity index (χ2n) is 11.7. The van der Waals surface area contributed by atoms with Crippen LogP contribution < -0.4 is 10.2 Å². The van der Waals surface area contributed by atoms with Crippen molar-refractivity contribution in [3.8, 4) is 0 Å². The molecule has 3 aliphatic rings. The Morgan fingerprint density at radius 3 is 2.59 bits per heavy atom. The number of benzene rings is 1. The van der Waals surface area contributed by atoms with E-state index < -0.39 is 17.7 Å². The first-order valence-electron chi connectivity index (χ1n) is 13.9. The molecule has 1 unspecified atom stereocenters. The number of hydrogen-bond acceptors (Lipinski definition) is 5. The lowest BCUT2D eigenvalue weighted by Gasteiger charge is -2.35. The van der Waals surface area contributed by atoms with Gasteiger partial charge in [0.2, 0.25) is 5.91 Å². The molecule has 2 atom stereocenters. The van der Waals surface area contributed by atoms with Gasteiger partial charge in [-0.15, -0.1) is 0 Å². The van der Waals surface area contributed by atoms with E-state index >= 15 is 0 Å². The monoisotopic (exact) mass is 504 g/mol. The van der Waals surface area contributed by atoms with E-state index in [-0.39, 0.29) is 17.9 Å². The van der Waals surface area contributed by atoms with Gasteiger partial charge in [0, 0.05) is 25.0 Å². The van der Waals surface area contributed by atoms with Crippen molar-refractivity contribution in [1.82, 2.24) is 15.2 Å². The Bertz CT molecular complexity index is 1120. The smallest absolute Gasteiger partial charge is 0.408 e. The molecule has 0 bridgehead atoms. The summed E-state index contributed by atoms with van der Waals surface area (Å²) < 4.78 is 5.55. The number of ether oxygens (including phenoxy) is 1. The van der Waals surface area contributed by atoms with Gasteiger partial charge in [-0.2, -0.15) is 0 Å². The summed E-state index contributed by atoms with van der Waals surface area (Å²) in [7, 11) is 0. The van der Waals surface area contributed by atoms with Gasteiger partial charge < -0.3 is 19.9 Å². The molecular weight excluding hydrogens is 464 g/mol. The molecule has 2 amide bonds. The van der Waals surface area contributed by atoms with Gasteiger partial charge >= 0.3 is 6.09 Å². The van der Waals surface area contributed by atoms with Gasteiger partial charge in [0.15, 0.2) is 0 Å². The Morgan fingerprint density at radius 2 is 1.81 bits per heavy atom. The number of carbonyl (C=O) groups is 2. The number of nitrogens with one attached hydrogen (secondary N) is 1. The highest BCUT2D eigenvalue weighted by Crippen LogP contribution is 2.38. The quantitative estimate of drug-likeness (QED) is 0.548. The molecule has 198 valence electrons. The number of fused-ring (bicyclic) bond motifs is 1. The number of rotatable bonds is 5. The zero-order valence-electron chi connectivity index (χ0n) is 22.4. The Balaban J connectivity index is 1.37. The lowest BCUT2D eigenvalue weighted by atomic mass is 9.83. The highest BCUT2D eigenvalue weighted by Gasteiger charge is 2.39. The number of pyridine rings is 1. The number of amides is 2. The highest BCUT2D eigenvalue weighted by atomic mass is 16.6. The van der Waals surface area contributed by atoms with E-state index in [2.05, 4.69) is 40.5 Å². The van der Waals surface area contributed by atoms with Crippen molar-refractivity contribution in [1.29, 1.82) is 0 Å². The molecule has 1 N–H and O–H groups in total. The molecule has 1 aromatic carbocycles. The first-order chi connectivity index (χ1) is 17.8.